The Hall–Kier alpha value is -0.570. The molecule has 1 rings (SSSR count). The molecule has 1 aliphatic rings. The zero-order valence-corrected chi connectivity index (χ0v) is 9.36. The van der Waals surface area contributed by atoms with Crippen molar-refractivity contribution in [1.82, 2.24) is 0 Å². The standard InChI is InChI=1S/C11H20O3/c1-6(2)5-9-7(3)10(12)8(4)11(13)14-9/h6-10,12H,5H2,1-4H3/t7-,8+,9+,10+/m0/s1. The summed E-state index contributed by atoms with van der Waals surface area (Å²) in [6, 6.07) is 0. The molecule has 0 unspecified atom stereocenters. The molecule has 3 nitrogen and oxygen atoms in total. The molecule has 0 aromatic carbocycles. The summed E-state index contributed by atoms with van der Waals surface area (Å²) in [6.45, 7) is 7.84. The van der Waals surface area contributed by atoms with Crippen LogP contribution in [0.1, 0.15) is 34.1 Å². The number of aliphatic hydroxyl groups excluding tert-OH is 1. The van der Waals surface area contributed by atoms with Crippen molar-refractivity contribution in [3.05, 3.63) is 0 Å². The van der Waals surface area contributed by atoms with Gasteiger partial charge in [0.25, 0.3) is 0 Å². The van der Waals surface area contributed by atoms with Gasteiger partial charge >= 0.3 is 5.97 Å². The number of carbonyl (C=O) groups excluding carboxylic acids is 1. The summed E-state index contributed by atoms with van der Waals surface area (Å²) < 4.78 is 5.29. The number of esters is 1. The third-order valence-corrected chi connectivity index (χ3v) is 2.98. The quantitative estimate of drug-likeness (QED) is 0.688. The minimum Gasteiger partial charge on any atom is -0.462 e. The van der Waals surface area contributed by atoms with Gasteiger partial charge in [-0.3, -0.25) is 4.79 Å². The van der Waals surface area contributed by atoms with Gasteiger partial charge in [-0.25, -0.2) is 0 Å². The lowest BCUT2D eigenvalue weighted by Gasteiger charge is -2.37. The predicted octanol–water partition coefficient (Wildman–Crippen LogP) is 1.59. The molecule has 1 heterocycles. The largest absolute Gasteiger partial charge is 0.462 e. The molecule has 0 saturated carbocycles. The number of hydrogen-bond donors (Lipinski definition) is 1. The highest BCUT2D eigenvalue weighted by molar-refractivity contribution is 5.73. The third-order valence-electron chi connectivity index (χ3n) is 2.98. The molecular weight excluding hydrogens is 180 g/mol. The fraction of sp³-hybridized carbons (Fsp3) is 0.909. The Morgan fingerprint density at radius 1 is 1.43 bits per heavy atom. The molecule has 1 saturated heterocycles. The van der Waals surface area contributed by atoms with E-state index < -0.39 is 6.10 Å². The van der Waals surface area contributed by atoms with Crippen LogP contribution in [0.25, 0.3) is 0 Å². The van der Waals surface area contributed by atoms with Gasteiger partial charge in [0.2, 0.25) is 0 Å². The zero-order valence-electron chi connectivity index (χ0n) is 9.36. The van der Waals surface area contributed by atoms with Crippen LogP contribution >= 0.6 is 0 Å². The van der Waals surface area contributed by atoms with Crippen LogP contribution in [0.5, 0.6) is 0 Å². The summed E-state index contributed by atoms with van der Waals surface area (Å²) in [5.41, 5.74) is 0. The first kappa shape index (κ1) is 11.5. The number of aliphatic hydroxyl groups is 1. The van der Waals surface area contributed by atoms with E-state index in [-0.39, 0.29) is 23.9 Å². The van der Waals surface area contributed by atoms with E-state index in [0.717, 1.165) is 6.42 Å². The highest BCUT2D eigenvalue weighted by Crippen LogP contribution is 2.29. The van der Waals surface area contributed by atoms with Gasteiger partial charge in [0.15, 0.2) is 0 Å². The lowest BCUT2D eigenvalue weighted by Crippen LogP contribution is -2.46. The van der Waals surface area contributed by atoms with Crippen molar-refractivity contribution in [2.24, 2.45) is 17.8 Å². The van der Waals surface area contributed by atoms with Crippen LogP contribution < -0.4 is 0 Å². The van der Waals surface area contributed by atoms with Crippen molar-refractivity contribution in [3.63, 3.8) is 0 Å². The van der Waals surface area contributed by atoms with E-state index in [4.69, 9.17) is 4.74 Å². The molecule has 1 N–H and O–H groups in total. The van der Waals surface area contributed by atoms with E-state index in [1.165, 1.54) is 0 Å². The molecule has 3 heteroatoms. The lowest BCUT2D eigenvalue weighted by molar-refractivity contribution is -0.178. The second kappa shape index (κ2) is 4.30. The first-order valence-corrected chi connectivity index (χ1v) is 5.32. The van der Waals surface area contributed by atoms with Crippen molar-refractivity contribution in [3.8, 4) is 0 Å². The van der Waals surface area contributed by atoms with E-state index in [1.54, 1.807) is 6.92 Å². The average Bonchev–Trinajstić information content (AvgIpc) is 2.10. The lowest BCUT2D eigenvalue weighted by atomic mass is 9.83. The van der Waals surface area contributed by atoms with E-state index in [9.17, 15) is 9.90 Å². The van der Waals surface area contributed by atoms with Gasteiger partial charge in [-0.05, 0) is 19.3 Å². The Balaban J connectivity index is 2.65. The predicted molar refractivity (Wildman–Crippen MR) is 53.7 cm³/mol. The molecule has 4 atom stereocenters. The fourth-order valence-electron chi connectivity index (χ4n) is 1.91. The maximum Gasteiger partial charge on any atom is 0.311 e. The van der Waals surface area contributed by atoms with Crippen molar-refractivity contribution < 1.29 is 14.6 Å². The molecule has 0 radical (unpaired) electrons. The second-order valence-electron chi connectivity index (χ2n) is 4.74. The average molecular weight is 200 g/mol. The van der Waals surface area contributed by atoms with E-state index >= 15 is 0 Å². The molecule has 0 amide bonds. The minimum absolute atomic E-state index is 0.0464. The van der Waals surface area contributed by atoms with Crippen LogP contribution in [0.15, 0.2) is 0 Å². The Morgan fingerprint density at radius 3 is 2.50 bits per heavy atom. The smallest absolute Gasteiger partial charge is 0.311 e. The number of ether oxygens (including phenoxy) is 1. The van der Waals surface area contributed by atoms with Crippen LogP contribution in [-0.4, -0.2) is 23.3 Å². The van der Waals surface area contributed by atoms with Crippen molar-refractivity contribution in [2.45, 2.75) is 46.3 Å². The highest BCUT2D eigenvalue weighted by atomic mass is 16.5. The maximum atomic E-state index is 11.4. The molecule has 1 aliphatic heterocycles. The van der Waals surface area contributed by atoms with Gasteiger partial charge in [0, 0.05) is 5.92 Å². The Bertz CT molecular complexity index is 213. The molecule has 0 bridgehead atoms. The van der Waals surface area contributed by atoms with E-state index in [2.05, 4.69) is 13.8 Å². The summed E-state index contributed by atoms with van der Waals surface area (Å²) in [4.78, 5) is 11.4. The van der Waals surface area contributed by atoms with Crippen LogP contribution in [0.3, 0.4) is 0 Å². The molecule has 0 aliphatic carbocycles. The van der Waals surface area contributed by atoms with Gasteiger partial charge in [-0.2, -0.15) is 0 Å². The van der Waals surface area contributed by atoms with Crippen molar-refractivity contribution in [2.75, 3.05) is 0 Å². The second-order valence-corrected chi connectivity index (χ2v) is 4.74. The molecular formula is C11H20O3. The van der Waals surface area contributed by atoms with E-state index in [1.807, 2.05) is 6.92 Å². The first-order chi connectivity index (χ1) is 6.43. The van der Waals surface area contributed by atoms with E-state index in [0.29, 0.717) is 5.92 Å². The van der Waals surface area contributed by atoms with Gasteiger partial charge in [-0.15, -0.1) is 0 Å². The number of rotatable bonds is 2. The number of hydrogen-bond acceptors (Lipinski definition) is 3. The molecule has 0 spiro atoms. The van der Waals surface area contributed by atoms with Gasteiger partial charge < -0.3 is 9.84 Å². The minimum atomic E-state index is -0.556. The van der Waals surface area contributed by atoms with Crippen molar-refractivity contribution >= 4 is 5.97 Å². The maximum absolute atomic E-state index is 11.4. The van der Waals surface area contributed by atoms with Crippen LogP contribution in [0.2, 0.25) is 0 Å². The molecule has 14 heavy (non-hydrogen) atoms. The Labute approximate surface area is 85.5 Å². The van der Waals surface area contributed by atoms with Gasteiger partial charge in [-0.1, -0.05) is 20.8 Å². The Kier molecular flexibility index (Phi) is 3.53. The number of carbonyl (C=O) groups is 1. The number of cyclic esters (lactones) is 1. The van der Waals surface area contributed by atoms with Crippen LogP contribution in [-0.2, 0) is 9.53 Å². The third kappa shape index (κ3) is 2.27. The van der Waals surface area contributed by atoms with Gasteiger partial charge in [0.1, 0.15) is 6.10 Å². The highest BCUT2D eigenvalue weighted by Gasteiger charge is 2.40. The first-order valence-electron chi connectivity index (χ1n) is 5.32. The van der Waals surface area contributed by atoms with Crippen LogP contribution in [0, 0.1) is 17.8 Å². The summed E-state index contributed by atoms with van der Waals surface area (Å²) in [6.07, 6.45) is 0.158. The molecule has 0 aromatic rings. The summed E-state index contributed by atoms with van der Waals surface area (Å²) in [5, 5.41) is 9.80. The Morgan fingerprint density at radius 2 is 2.00 bits per heavy atom. The fourth-order valence-corrected chi connectivity index (χ4v) is 1.91. The summed E-state index contributed by atoms with van der Waals surface area (Å²) >= 11 is 0. The monoisotopic (exact) mass is 200 g/mol. The summed E-state index contributed by atoms with van der Waals surface area (Å²) in [5.74, 6) is -0.115. The zero-order chi connectivity index (χ0) is 10.9. The summed E-state index contributed by atoms with van der Waals surface area (Å²) in [7, 11) is 0. The molecule has 1 fully saturated rings. The van der Waals surface area contributed by atoms with Gasteiger partial charge in [0.05, 0.1) is 12.0 Å². The SMILES string of the molecule is CC(C)C[C@H]1OC(=O)[C@H](C)[C@H](O)[C@H]1C. The normalized spacial score (nSPS) is 38.6. The topological polar surface area (TPSA) is 46.5 Å². The molecule has 0 aromatic heterocycles. The van der Waals surface area contributed by atoms with Crippen molar-refractivity contribution in [1.29, 1.82) is 0 Å². The van der Waals surface area contributed by atoms with Crippen LogP contribution in [0.4, 0.5) is 0 Å². The molecule has 82 valence electrons.